The molecular weight excluding hydrogens is 554 g/mol. The third kappa shape index (κ3) is 6.63. The van der Waals surface area contributed by atoms with Crippen LogP contribution in [0.4, 0.5) is 5.95 Å². The predicted molar refractivity (Wildman–Crippen MR) is 155 cm³/mol. The number of sulfonamides is 1. The number of aliphatic imine (C=N–C) groups is 2. The van der Waals surface area contributed by atoms with Crippen LogP contribution in [0.25, 0.3) is 17.2 Å². The number of aliphatic hydroxyl groups is 1. The number of rotatable bonds is 13. The van der Waals surface area contributed by atoms with E-state index in [0.29, 0.717) is 34.5 Å². The Morgan fingerprint density at radius 3 is 2.20 bits per heavy atom. The van der Waals surface area contributed by atoms with Crippen molar-refractivity contribution in [1.29, 1.82) is 0 Å². The van der Waals surface area contributed by atoms with Crippen LogP contribution in [-0.4, -0.2) is 85.5 Å². The summed E-state index contributed by atoms with van der Waals surface area (Å²) in [5.74, 6) is 0.833. The topological polar surface area (TPSA) is 172 Å². The molecule has 2 N–H and O–H groups in total. The Morgan fingerprint density at radius 2 is 1.66 bits per heavy atom. The highest BCUT2D eigenvalue weighted by atomic mass is 32.2. The zero-order valence-corrected chi connectivity index (χ0v) is 24.6. The molecule has 0 aliphatic carbocycles. The molecule has 15 heteroatoms. The molecule has 2 heterocycles. The van der Waals surface area contributed by atoms with E-state index in [0.717, 1.165) is 0 Å². The molecule has 2 atom stereocenters. The van der Waals surface area contributed by atoms with Crippen molar-refractivity contribution in [3.63, 3.8) is 0 Å². The minimum atomic E-state index is -4.37. The number of aliphatic hydroxyl groups excluding tert-OH is 1. The van der Waals surface area contributed by atoms with E-state index in [1.165, 1.54) is 39.9 Å². The van der Waals surface area contributed by atoms with Gasteiger partial charge in [-0.2, -0.15) is 0 Å². The molecule has 0 saturated carbocycles. The van der Waals surface area contributed by atoms with Crippen LogP contribution in [0, 0.1) is 0 Å². The second kappa shape index (κ2) is 13.2. The van der Waals surface area contributed by atoms with E-state index >= 15 is 0 Å². The number of benzene rings is 1. The van der Waals surface area contributed by atoms with Gasteiger partial charge in [-0.25, -0.2) is 18.4 Å². The molecule has 0 unspecified atom stereocenters. The highest BCUT2D eigenvalue weighted by Gasteiger charge is 2.35. The van der Waals surface area contributed by atoms with Crippen LogP contribution >= 0.6 is 0 Å². The average molecular weight is 588 g/mol. The summed E-state index contributed by atoms with van der Waals surface area (Å²) < 4.78 is 52.7. The average Bonchev–Trinajstić information content (AvgIpc) is 3.37. The lowest BCUT2D eigenvalue weighted by molar-refractivity contribution is 0.191. The van der Waals surface area contributed by atoms with Gasteiger partial charge in [-0.1, -0.05) is 12.1 Å². The van der Waals surface area contributed by atoms with Gasteiger partial charge in [0.15, 0.2) is 5.82 Å². The van der Waals surface area contributed by atoms with Crippen molar-refractivity contribution in [3.8, 4) is 34.6 Å². The Morgan fingerprint density at radius 1 is 1.02 bits per heavy atom. The van der Waals surface area contributed by atoms with Crippen LogP contribution < -0.4 is 18.9 Å². The molecule has 0 radical (unpaired) electrons. The van der Waals surface area contributed by atoms with Crippen LogP contribution in [0.15, 0.2) is 58.0 Å². The maximum atomic E-state index is 13.6. The molecular formula is C26H33N7O7S. The minimum Gasteiger partial charge on any atom is -0.494 e. The number of nitrogens with one attached hydrogen (secondary N) is 1. The lowest BCUT2D eigenvalue weighted by atomic mass is 10.2. The number of pyridine rings is 1. The van der Waals surface area contributed by atoms with Gasteiger partial charge in [0, 0.05) is 11.8 Å². The van der Waals surface area contributed by atoms with Gasteiger partial charge in [0.1, 0.15) is 39.9 Å². The maximum absolute atomic E-state index is 13.6. The summed E-state index contributed by atoms with van der Waals surface area (Å²) in [6.45, 7) is 8.16. The Bertz CT molecular complexity index is 1540. The highest BCUT2D eigenvalue weighted by molar-refractivity contribution is 7.93. The second-order valence-corrected chi connectivity index (χ2v) is 10.7. The van der Waals surface area contributed by atoms with Crippen molar-refractivity contribution in [3.05, 3.63) is 48.0 Å². The Hall–Kier alpha value is -4.50. The molecule has 14 nitrogen and oxygen atoms in total. The summed E-state index contributed by atoms with van der Waals surface area (Å²) in [6.07, 6.45) is -1.67. The molecule has 1 aromatic carbocycles. The summed E-state index contributed by atoms with van der Waals surface area (Å²) in [5.41, 5.74) is 1.07. The van der Waals surface area contributed by atoms with Gasteiger partial charge in [0.05, 0.1) is 28.4 Å². The number of para-hydroxylation sites is 1. The van der Waals surface area contributed by atoms with Gasteiger partial charge in [-0.3, -0.25) is 14.3 Å². The van der Waals surface area contributed by atoms with E-state index in [9.17, 15) is 13.5 Å². The lowest BCUT2D eigenvalue weighted by Gasteiger charge is -2.22. The SMILES string of the molecule is C=N/C(=C(\N=C(C)C)OC)[C@H](O)[C@@H](C)S(=O)(=O)Nc1nnc(-c2cccc(OC)n2)n1-c1c(OC)cccc1OC. The monoisotopic (exact) mass is 587 g/mol. The first-order chi connectivity index (χ1) is 19.5. The summed E-state index contributed by atoms with van der Waals surface area (Å²) in [6, 6.07) is 10.1. The van der Waals surface area contributed by atoms with Crippen molar-refractivity contribution in [2.45, 2.75) is 32.1 Å². The van der Waals surface area contributed by atoms with Crippen LogP contribution in [0.1, 0.15) is 20.8 Å². The zero-order chi connectivity index (χ0) is 30.3. The van der Waals surface area contributed by atoms with Gasteiger partial charge in [0.2, 0.25) is 27.7 Å². The first kappa shape index (κ1) is 31.0. The molecule has 0 spiro atoms. The normalized spacial score (nSPS) is 13.4. The molecule has 0 saturated heterocycles. The van der Waals surface area contributed by atoms with Crippen molar-refractivity contribution in [2.24, 2.45) is 9.98 Å². The van der Waals surface area contributed by atoms with Crippen molar-refractivity contribution in [1.82, 2.24) is 19.7 Å². The van der Waals surface area contributed by atoms with E-state index in [4.69, 9.17) is 18.9 Å². The summed E-state index contributed by atoms with van der Waals surface area (Å²) in [5, 5.41) is 17.9. The highest BCUT2D eigenvalue weighted by Crippen LogP contribution is 2.38. The molecule has 0 amide bonds. The predicted octanol–water partition coefficient (Wildman–Crippen LogP) is 2.84. The Balaban J connectivity index is 2.20. The standard InChI is InChI=1S/C26H33N7O7S/c1-15(2)28-25(40-8)21(27-4)23(34)16(3)41(35,36)32-26-31-30-24(17-11-9-14-20(29-17)39-7)33(26)22-18(37-5)12-10-13-19(22)38-6/h9-14,16,23,34H,4H2,1-3,5-8H3,(H,31,32)/b25-21+/t16-,23-/m1/s1. The van der Waals surface area contributed by atoms with Gasteiger partial charge < -0.3 is 24.1 Å². The molecule has 0 aliphatic rings. The van der Waals surface area contributed by atoms with E-state index in [1.54, 1.807) is 50.2 Å². The number of hydrogen-bond acceptors (Lipinski definition) is 12. The van der Waals surface area contributed by atoms with E-state index in [2.05, 4.69) is 36.6 Å². The Labute approximate surface area is 238 Å². The fraction of sp³-hybridized carbons (Fsp3) is 0.346. The third-order valence-corrected chi connectivity index (χ3v) is 7.51. The summed E-state index contributed by atoms with van der Waals surface area (Å²) in [4.78, 5) is 12.4. The van der Waals surface area contributed by atoms with Crippen LogP contribution in [-0.2, 0) is 14.8 Å². The quantitative estimate of drug-likeness (QED) is 0.224. The maximum Gasteiger partial charge on any atom is 0.243 e. The number of nitrogens with zero attached hydrogens (tertiary/aromatic N) is 6. The number of aromatic nitrogens is 4. The van der Waals surface area contributed by atoms with Crippen molar-refractivity contribution < 1.29 is 32.5 Å². The largest absolute Gasteiger partial charge is 0.494 e. The second-order valence-electron chi connectivity index (χ2n) is 8.67. The van der Waals surface area contributed by atoms with Crippen molar-refractivity contribution in [2.75, 3.05) is 33.2 Å². The van der Waals surface area contributed by atoms with Crippen LogP contribution in [0.2, 0.25) is 0 Å². The minimum absolute atomic E-state index is 0.0668. The number of methoxy groups -OCH3 is 4. The van der Waals surface area contributed by atoms with Gasteiger partial charge in [-0.15, -0.1) is 10.2 Å². The third-order valence-electron chi connectivity index (χ3n) is 5.81. The Kier molecular flexibility index (Phi) is 10.0. The number of ether oxygens (including phenoxy) is 4. The zero-order valence-electron chi connectivity index (χ0n) is 23.8. The van der Waals surface area contributed by atoms with E-state index in [-0.39, 0.29) is 23.4 Å². The molecule has 3 aromatic rings. The molecule has 0 bridgehead atoms. The van der Waals surface area contributed by atoms with Crippen LogP contribution in [0.3, 0.4) is 0 Å². The molecule has 0 aliphatic heterocycles. The molecule has 0 fully saturated rings. The fourth-order valence-corrected chi connectivity index (χ4v) is 4.78. The van der Waals surface area contributed by atoms with E-state index in [1.807, 2.05) is 0 Å². The molecule has 3 rings (SSSR count). The first-order valence-electron chi connectivity index (χ1n) is 12.2. The molecule has 2 aromatic heterocycles. The summed E-state index contributed by atoms with van der Waals surface area (Å²) >= 11 is 0. The molecule has 220 valence electrons. The van der Waals surface area contributed by atoms with Gasteiger partial charge in [0.25, 0.3) is 0 Å². The van der Waals surface area contributed by atoms with E-state index < -0.39 is 21.4 Å². The van der Waals surface area contributed by atoms with Gasteiger partial charge in [-0.05, 0) is 45.7 Å². The lowest BCUT2D eigenvalue weighted by Crippen LogP contribution is -2.37. The summed E-state index contributed by atoms with van der Waals surface area (Å²) in [7, 11) is 1.34. The number of anilines is 1. The smallest absolute Gasteiger partial charge is 0.243 e. The van der Waals surface area contributed by atoms with Crippen LogP contribution in [0.5, 0.6) is 17.4 Å². The molecule has 41 heavy (non-hydrogen) atoms. The van der Waals surface area contributed by atoms with Gasteiger partial charge >= 0.3 is 0 Å². The number of hydrogen-bond donors (Lipinski definition) is 2. The van der Waals surface area contributed by atoms with Crippen molar-refractivity contribution >= 4 is 28.4 Å². The first-order valence-corrected chi connectivity index (χ1v) is 13.7. The fourth-order valence-electron chi connectivity index (χ4n) is 3.74.